The van der Waals surface area contributed by atoms with Crippen molar-refractivity contribution in [3.63, 3.8) is 0 Å². The van der Waals surface area contributed by atoms with E-state index in [0.717, 1.165) is 47.4 Å². The minimum Gasteiger partial charge on any atom is -0.353 e. The number of piperazine rings is 1. The molecule has 0 bridgehead atoms. The van der Waals surface area contributed by atoms with E-state index in [9.17, 15) is 4.79 Å². The Morgan fingerprint density at radius 1 is 1.15 bits per heavy atom. The van der Waals surface area contributed by atoms with Crippen LogP contribution < -0.4 is 4.90 Å². The highest BCUT2D eigenvalue weighted by molar-refractivity contribution is 9.10. The largest absolute Gasteiger partial charge is 0.353 e. The van der Waals surface area contributed by atoms with Gasteiger partial charge in [0.2, 0.25) is 5.91 Å². The molecule has 3 rings (SSSR count). The summed E-state index contributed by atoms with van der Waals surface area (Å²) in [4.78, 5) is 20.2. The Bertz CT molecular complexity index is 651. The molecule has 0 aliphatic carbocycles. The van der Waals surface area contributed by atoms with Crippen LogP contribution in [0.2, 0.25) is 0 Å². The molecule has 20 heavy (non-hydrogen) atoms. The van der Waals surface area contributed by atoms with E-state index in [1.165, 1.54) is 0 Å². The second-order valence-electron chi connectivity index (χ2n) is 4.97. The van der Waals surface area contributed by atoms with E-state index >= 15 is 0 Å². The lowest BCUT2D eigenvalue weighted by atomic mass is 10.2. The lowest BCUT2D eigenvalue weighted by molar-refractivity contribution is -0.129. The summed E-state index contributed by atoms with van der Waals surface area (Å²) in [7, 11) is 0. The molecule has 0 unspecified atom stereocenters. The van der Waals surface area contributed by atoms with Crippen LogP contribution in [0.15, 0.2) is 34.8 Å². The van der Waals surface area contributed by atoms with Crippen LogP contribution in [0, 0.1) is 0 Å². The summed E-state index contributed by atoms with van der Waals surface area (Å²) in [6, 6.07) is 10.2. The van der Waals surface area contributed by atoms with Crippen LogP contribution in [0.3, 0.4) is 0 Å². The van der Waals surface area contributed by atoms with Crippen molar-refractivity contribution in [1.82, 2.24) is 9.88 Å². The number of benzene rings is 1. The monoisotopic (exact) mass is 333 g/mol. The number of amides is 1. The van der Waals surface area contributed by atoms with Gasteiger partial charge in [-0.25, -0.2) is 4.98 Å². The number of para-hydroxylation sites is 1. The van der Waals surface area contributed by atoms with Crippen molar-refractivity contribution in [1.29, 1.82) is 0 Å². The number of carbonyl (C=O) groups is 1. The number of nitrogens with zero attached hydrogens (tertiary/aromatic N) is 3. The number of hydrogen-bond acceptors (Lipinski definition) is 3. The molecule has 0 N–H and O–H groups in total. The first-order chi connectivity index (χ1) is 9.65. The number of anilines is 1. The van der Waals surface area contributed by atoms with Gasteiger partial charge < -0.3 is 9.80 Å². The van der Waals surface area contributed by atoms with E-state index in [0.29, 0.717) is 0 Å². The zero-order valence-electron chi connectivity index (χ0n) is 11.3. The number of fused-ring (bicyclic) bond motifs is 1. The van der Waals surface area contributed by atoms with Gasteiger partial charge in [-0.05, 0) is 34.1 Å². The molecular weight excluding hydrogens is 318 g/mol. The predicted molar refractivity (Wildman–Crippen MR) is 83.9 cm³/mol. The summed E-state index contributed by atoms with van der Waals surface area (Å²) < 4.78 is 1.01. The standard InChI is InChI=1S/C15H16BrN3O/c1-11(20)18-7-9-19(10-8-18)14-6-5-12-3-2-4-13(16)15(12)17-14/h2-6H,7-10H2,1H3. The Kier molecular flexibility index (Phi) is 3.61. The molecule has 0 saturated carbocycles. The number of hydrogen-bond donors (Lipinski definition) is 0. The fourth-order valence-corrected chi connectivity index (χ4v) is 3.00. The SMILES string of the molecule is CC(=O)N1CCN(c2ccc3cccc(Br)c3n2)CC1. The van der Waals surface area contributed by atoms with Crippen molar-refractivity contribution < 1.29 is 4.79 Å². The molecule has 1 aromatic carbocycles. The number of carbonyl (C=O) groups excluding carboxylic acids is 1. The van der Waals surface area contributed by atoms with Crippen LogP contribution in [-0.4, -0.2) is 42.0 Å². The maximum absolute atomic E-state index is 11.3. The third-order valence-electron chi connectivity index (χ3n) is 3.71. The van der Waals surface area contributed by atoms with Crippen molar-refractivity contribution in [2.24, 2.45) is 0 Å². The molecule has 0 radical (unpaired) electrons. The smallest absolute Gasteiger partial charge is 0.219 e. The summed E-state index contributed by atoms with van der Waals surface area (Å²) in [6.07, 6.45) is 0. The third kappa shape index (κ3) is 2.50. The van der Waals surface area contributed by atoms with Crippen LogP contribution in [-0.2, 0) is 4.79 Å². The molecule has 4 nitrogen and oxygen atoms in total. The average molecular weight is 334 g/mol. The molecule has 1 aromatic heterocycles. The zero-order valence-corrected chi connectivity index (χ0v) is 12.9. The maximum Gasteiger partial charge on any atom is 0.219 e. The number of aromatic nitrogens is 1. The topological polar surface area (TPSA) is 36.4 Å². The molecule has 5 heteroatoms. The molecule has 1 saturated heterocycles. The van der Waals surface area contributed by atoms with Gasteiger partial charge >= 0.3 is 0 Å². The van der Waals surface area contributed by atoms with Crippen LogP contribution in [0.1, 0.15) is 6.92 Å². The normalized spacial score (nSPS) is 15.7. The van der Waals surface area contributed by atoms with Gasteiger partial charge in [-0.1, -0.05) is 12.1 Å². The summed E-state index contributed by atoms with van der Waals surface area (Å²) >= 11 is 3.55. The van der Waals surface area contributed by atoms with Crippen LogP contribution in [0.4, 0.5) is 5.82 Å². The third-order valence-corrected chi connectivity index (χ3v) is 4.35. The van der Waals surface area contributed by atoms with Crippen molar-refractivity contribution in [3.05, 3.63) is 34.8 Å². The number of pyridine rings is 1. The van der Waals surface area contributed by atoms with Gasteiger partial charge in [-0.2, -0.15) is 0 Å². The molecule has 0 spiro atoms. The molecular formula is C15H16BrN3O. The first-order valence-corrected chi connectivity index (χ1v) is 7.50. The fourth-order valence-electron chi connectivity index (χ4n) is 2.53. The van der Waals surface area contributed by atoms with E-state index < -0.39 is 0 Å². The zero-order chi connectivity index (χ0) is 14.1. The van der Waals surface area contributed by atoms with Crippen molar-refractivity contribution in [2.75, 3.05) is 31.1 Å². The molecule has 1 aliphatic heterocycles. The Morgan fingerprint density at radius 2 is 1.90 bits per heavy atom. The molecule has 2 aromatic rings. The molecule has 0 atom stereocenters. The van der Waals surface area contributed by atoms with E-state index in [-0.39, 0.29) is 5.91 Å². The number of halogens is 1. The highest BCUT2D eigenvalue weighted by atomic mass is 79.9. The molecule has 1 amide bonds. The first kappa shape index (κ1) is 13.4. The van der Waals surface area contributed by atoms with Crippen molar-refractivity contribution >= 4 is 38.6 Å². The Labute approximate surface area is 126 Å². The van der Waals surface area contributed by atoms with Gasteiger partial charge in [0.1, 0.15) is 5.82 Å². The molecule has 1 aliphatic rings. The van der Waals surface area contributed by atoms with Gasteiger partial charge in [-0.15, -0.1) is 0 Å². The van der Waals surface area contributed by atoms with Gasteiger partial charge in [0.25, 0.3) is 0 Å². The second-order valence-corrected chi connectivity index (χ2v) is 5.83. The lowest BCUT2D eigenvalue weighted by Crippen LogP contribution is -2.48. The highest BCUT2D eigenvalue weighted by Crippen LogP contribution is 2.25. The lowest BCUT2D eigenvalue weighted by Gasteiger charge is -2.35. The van der Waals surface area contributed by atoms with E-state index in [2.05, 4.69) is 39.0 Å². The minimum atomic E-state index is 0.152. The van der Waals surface area contributed by atoms with Crippen LogP contribution in [0.5, 0.6) is 0 Å². The second kappa shape index (κ2) is 5.40. The van der Waals surface area contributed by atoms with E-state index in [4.69, 9.17) is 4.98 Å². The van der Waals surface area contributed by atoms with E-state index in [1.54, 1.807) is 6.92 Å². The van der Waals surface area contributed by atoms with Gasteiger partial charge in [0, 0.05) is 43.0 Å². The Morgan fingerprint density at radius 3 is 2.60 bits per heavy atom. The van der Waals surface area contributed by atoms with Crippen LogP contribution in [0.25, 0.3) is 10.9 Å². The Balaban J connectivity index is 1.85. The average Bonchev–Trinajstić information content (AvgIpc) is 2.47. The molecule has 1 fully saturated rings. The number of rotatable bonds is 1. The summed E-state index contributed by atoms with van der Waals surface area (Å²) in [6.45, 7) is 4.84. The van der Waals surface area contributed by atoms with Gasteiger partial charge in [-0.3, -0.25) is 4.79 Å². The van der Waals surface area contributed by atoms with Crippen LogP contribution >= 0.6 is 15.9 Å². The minimum absolute atomic E-state index is 0.152. The summed E-state index contributed by atoms with van der Waals surface area (Å²) in [5.74, 6) is 1.13. The van der Waals surface area contributed by atoms with Gasteiger partial charge in [0.05, 0.1) is 5.52 Å². The van der Waals surface area contributed by atoms with Crippen molar-refractivity contribution in [2.45, 2.75) is 6.92 Å². The highest BCUT2D eigenvalue weighted by Gasteiger charge is 2.19. The summed E-state index contributed by atoms with van der Waals surface area (Å²) in [5, 5.41) is 1.13. The first-order valence-electron chi connectivity index (χ1n) is 6.71. The summed E-state index contributed by atoms with van der Waals surface area (Å²) in [5.41, 5.74) is 0.985. The van der Waals surface area contributed by atoms with E-state index in [1.807, 2.05) is 17.0 Å². The maximum atomic E-state index is 11.3. The molecule has 2 heterocycles. The van der Waals surface area contributed by atoms with Crippen molar-refractivity contribution in [3.8, 4) is 0 Å². The predicted octanol–water partition coefficient (Wildman–Crippen LogP) is 2.67. The Hall–Kier alpha value is -1.62. The fraction of sp³-hybridized carbons (Fsp3) is 0.333. The van der Waals surface area contributed by atoms with Gasteiger partial charge in [0.15, 0.2) is 0 Å². The molecule has 104 valence electrons. The quantitative estimate of drug-likeness (QED) is 0.805.